The minimum Gasteiger partial charge on any atom is -0.481 e. The van der Waals surface area contributed by atoms with Gasteiger partial charge in [-0.3, -0.25) is 9.59 Å². The first-order chi connectivity index (χ1) is 10.5. The predicted octanol–water partition coefficient (Wildman–Crippen LogP) is 3.26. The van der Waals surface area contributed by atoms with Crippen molar-refractivity contribution in [1.82, 2.24) is 5.32 Å². The third kappa shape index (κ3) is 7.31. The molecule has 0 aromatic heterocycles. The van der Waals surface area contributed by atoms with Gasteiger partial charge in [0.2, 0.25) is 0 Å². The highest BCUT2D eigenvalue weighted by atomic mass is 35.5. The second-order valence-corrected chi connectivity index (χ2v) is 5.45. The molecule has 0 radical (unpaired) electrons. The largest absolute Gasteiger partial charge is 0.481 e. The summed E-state index contributed by atoms with van der Waals surface area (Å²) in [6.07, 6.45) is 2.84. The fraction of sp³-hybridized carbons (Fsp3) is 0.500. The standard InChI is InChI=1S/C16H22ClNO4/c1-12(22-14-9-6-5-8-13(14)17)16(21)18-11-7-3-2-4-10-15(19)20/h5-6,8-9,12H,2-4,7,10-11H2,1H3,(H,18,21)(H,19,20). The van der Waals surface area contributed by atoms with Crippen LogP contribution in [0.2, 0.25) is 5.02 Å². The molecule has 1 unspecified atom stereocenters. The van der Waals surface area contributed by atoms with E-state index in [-0.39, 0.29) is 12.3 Å². The zero-order valence-corrected chi connectivity index (χ0v) is 13.4. The Hall–Kier alpha value is -1.75. The molecular weight excluding hydrogens is 306 g/mol. The molecule has 1 rings (SSSR count). The number of hydrogen-bond donors (Lipinski definition) is 2. The van der Waals surface area contributed by atoms with Crippen LogP contribution in [0.3, 0.4) is 0 Å². The molecule has 0 saturated heterocycles. The Morgan fingerprint density at radius 2 is 1.91 bits per heavy atom. The van der Waals surface area contributed by atoms with Gasteiger partial charge in [0.15, 0.2) is 6.10 Å². The van der Waals surface area contributed by atoms with Gasteiger partial charge in [-0.15, -0.1) is 0 Å². The minimum absolute atomic E-state index is 0.189. The molecule has 22 heavy (non-hydrogen) atoms. The Morgan fingerprint density at radius 3 is 2.59 bits per heavy atom. The van der Waals surface area contributed by atoms with Crippen LogP contribution in [0, 0.1) is 0 Å². The van der Waals surface area contributed by atoms with E-state index in [4.69, 9.17) is 21.4 Å². The summed E-state index contributed by atoms with van der Waals surface area (Å²) in [6.45, 7) is 2.23. The van der Waals surface area contributed by atoms with E-state index in [1.54, 1.807) is 31.2 Å². The molecule has 6 heteroatoms. The third-order valence-electron chi connectivity index (χ3n) is 3.13. The highest BCUT2D eigenvalue weighted by Crippen LogP contribution is 2.24. The highest BCUT2D eigenvalue weighted by molar-refractivity contribution is 6.32. The van der Waals surface area contributed by atoms with E-state index >= 15 is 0 Å². The molecule has 0 aliphatic carbocycles. The molecule has 1 amide bonds. The first-order valence-corrected chi connectivity index (χ1v) is 7.79. The van der Waals surface area contributed by atoms with Gasteiger partial charge >= 0.3 is 5.97 Å². The van der Waals surface area contributed by atoms with Gasteiger partial charge in [0.1, 0.15) is 5.75 Å². The van der Waals surface area contributed by atoms with Crippen LogP contribution in [0.1, 0.15) is 39.0 Å². The molecule has 0 aliphatic rings. The van der Waals surface area contributed by atoms with Crippen LogP contribution in [0.5, 0.6) is 5.75 Å². The lowest BCUT2D eigenvalue weighted by Gasteiger charge is -2.15. The van der Waals surface area contributed by atoms with Crippen LogP contribution >= 0.6 is 11.6 Å². The van der Waals surface area contributed by atoms with Gasteiger partial charge in [0.05, 0.1) is 5.02 Å². The Bertz CT molecular complexity index is 493. The maximum Gasteiger partial charge on any atom is 0.303 e. The summed E-state index contributed by atoms with van der Waals surface area (Å²) in [5.74, 6) is -0.468. The second kappa shape index (κ2) is 10.1. The number of carbonyl (C=O) groups excluding carboxylic acids is 1. The van der Waals surface area contributed by atoms with Crippen molar-refractivity contribution in [2.24, 2.45) is 0 Å². The van der Waals surface area contributed by atoms with Crippen LogP contribution in [-0.2, 0) is 9.59 Å². The topological polar surface area (TPSA) is 75.6 Å². The predicted molar refractivity (Wildman–Crippen MR) is 85.3 cm³/mol. The Kier molecular flexibility index (Phi) is 8.36. The lowest BCUT2D eigenvalue weighted by molar-refractivity contribution is -0.137. The molecule has 2 N–H and O–H groups in total. The molecule has 1 aromatic rings. The van der Waals surface area contributed by atoms with Crippen LogP contribution in [0.25, 0.3) is 0 Å². The van der Waals surface area contributed by atoms with Gasteiger partial charge in [-0.05, 0) is 31.9 Å². The first-order valence-electron chi connectivity index (χ1n) is 7.41. The maximum absolute atomic E-state index is 11.9. The number of hydrogen-bond acceptors (Lipinski definition) is 3. The second-order valence-electron chi connectivity index (χ2n) is 5.04. The lowest BCUT2D eigenvalue weighted by Crippen LogP contribution is -2.36. The average molecular weight is 328 g/mol. The molecule has 0 spiro atoms. The molecule has 0 bridgehead atoms. The zero-order chi connectivity index (χ0) is 16.4. The maximum atomic E-state index is 11.9. The minimum atomic E-state index is -0.765. The summed E-state index contributed by atoms with van der Waals surface area (Å²) in [5, 5.41) is 11.8. The lowest BCUT2D eigenvalue weighted by atomic mass is 10.1. The number of para-hydroxylation sites is 1. The molecule has 122 valence electrons. The fourth-order valence-electron chi connectivity index (χ4n) is 1.89. The number of ether oxygens (including phenoxy) is 1. The summed E-state index contributed by atoms with van der Waals surface area (Å²) in [7, 11) is 0. The van der Waals surface area contributed by atoms with Crippen LogP contribution < -0.4 is 10.1 Å². The molecule has 0 fully saturated rings. The van der Waals surface area contributed by atoms with E-state index < -0.39 is 12.1 Å². The fourth-order valence-corrected chi connectivity index (χ4v) is 2.07. The number of benzene rings is 1. The van der Waals surface area contributed by atoms with Crippen molar-refractivity contribution in [2.75, 3.05) is 6.54 Å². The van der Waals surface area contributed by atoms with Crippen molar-refractivity contribution in [3.05, 3.63) is 29.3 Å². The Balaban J connectivity index is 2.17. The van der Waals surface area contributed by atoms with E-state index in [0.717, 1.165) is 19.3 Å². The first kappa shape index (κ1) is 18.3. The van der Waals surface area contributed by atoms with Gasteiger partial charge in [-0.1, -0.05) is 36.6 Å². The third-order valence-corrected chi connectivity index (χ3v) is 3.44. The van der Waals surface area contributed by atoms with E-state index in [0.29, 0.717) is 23.7 Å². The molecular formula is C16H22ClNO4. The number of nitrogens with one attached hydrogen (secondary N) is 1. The summed E-state index contributed by atoms with van der Waals surface area (Å²) in [5.41, 5.74) is 0. The SMILES string of the molecule is CC(Oc1ccccc1Cl)C(=O)NCCCCCCC(=O)O. The molecule has 1 aromatic carbocycles. The van der Waals surface area contributed by atoms with Gasteiger partial charge in [0, 0.05) is 13.0 Å². The average Bonchev–Trinajstić information content (AvgIpc) is 2.48. The van der Waals surface area contributed by atoms with E-state index in [1.165, 1.54) is 0 Å². The summed E-state index contributed by atoms with van der Waals surface area (Å²) in [4.78, 5) is 22.2. The normalized spacial score (nSPS) is 11.7. The van der Waals surface area contributed by atoms with Crippen molar-refractivity contribution >= 4 is 23.5 Å². The Labute approximate surface area is 135 Å². The van der Waals surface area contributed by atoms with Crippen LogP contribution in [0.4, 0.5) is 0 Å². The van der Waals surface area contributed by atoms with E-state index in [9.17, 15) is 9.59 Å². The quantitative estimate of drug-likeness (QED) is 0.647. The number of carboxylic acid groups (broad SMARTS) is 1. The van der Waals surface area contributed by atoms with Crippen LogP contribution in [-0.4, -0.2) is 29.6 Å². The number of halogens is 1. The molecule has 0 saturated carbocycles. The summed E-state index contributed by atoms with van der Waals surface area (Å²) >= 11 is 5.97. The number of unbranched alkanes of at least 4 members (excludes halogenated alkanes) is 3. The smallest absolute Gasteiger partial charge is 0.303 e. The van der Waals surface area contributed by atoms with Crippen molar-refractivity contribution in [3.8, 4) is 5.75 Å². The zero-order valence-electron chi connectivity index (χ0n) is 12.7. The Morgan fingerprint density at radius 1 is 1.23 bits per heavy atom. The van der Waals surface area contributed by atoms with Gasteiger partial charge in [0.25, 0.3) is 5.91 Å². The van der Waals surface area contributed by atoms with Crippen LogP contribution in [0.15, 0.2) is 24.3 Å². The highest BCUT2D eigenvalue weighted by Gasteiger charge is 2.15. The van der Waals surface area contributed by atoms with Gasteiger partial charge in [-0.25, -0.2) is 0 Å². The number of carboxylic acids is 1. The van der Waals surface area contributed by atoms with E-state index in [1.807, 2.05) is 0 Å². The number of rotatable bonds is 10. The molecule has 0 heterocycles. The van der Waals surface area contributed by atoms with Crippen molar-refractivity contribution in [2.45, 2.75) is 45.1 Å². The number of carbonyl (C=O) groups is 2. The van der Waals surface area contributed by atoms with Gasteiger partial charge < -0.3 is 15.2 Å². The number of amides is 1. The van der Waals surface area contributed by atoms with Crippen molar-refractivity contribution in [3.63, 3.8) is 0 Å². The van der Waals surface area contributed by atoms with Gasteiger partial charge in [-0.2, -0.15) is 0 Å². The number of aliphatic carboxylic acids is 1. The molecule has 0 aliphatic heterocycles. The molecule has 5 nitrogen and oxygen atoms in total. The molecule has 1 atom stereocenters. The monoisotopic (exact) mass is 327 g/mol. The van der Waals surface area contributed by atoms with Crippen molar-refractivity contribution in [1.29, 1.82) is 0 Å². The summed E-state index contributed by atoms with van der Waals surface area (Å²) < 4.78 is 5.52. The van der Waals surface area contributed by atoms with E-state index in [2.05, 4.69) is 5.32 Å². The summed E-state index contributed by atoms with van der Waals surface area (Å²) in [6, 6.07) is 7.01. The van der Waals surface area contributed by atoms with Crippen molar-refractivity contribution < 1.29 is 19.4 Å².